The van der Waals surface area contributed by atoms with Crippen LogP contribution in [0, 0.1) is 20.6 Å². The molecule has 1 amide bonds. The first kappa shape index (κ1) is 15.9. The summed E-state index contributed by atoms with van der Waals surface area (Å²) in [4.78, 5) is 22.6. The van der Waals surface area contributed by atoms with Crippen LogP contribution in [0.25, 0.3) is 0 Å². The van der Waals surface area contributed by atoms with Gasteiger partial charge in [-0.1, -0.05) is 0 Å². The molecule has 108 valence electrons. The molecule has 21 heavy (non-hydrogen) atoms. The third-order valence-electron chi connectivity index (χ3n) is 2.84. The van der Waals surface area contributed by atoms with E-state index in [1.165, 1.54) is 6.07 Å². The number of rotatable bonds is 3. The Bertz CT molecular complexity index is 717. The molecule has 0 bridgehead atoms. The smallest absolute Gasteiger partial charge is 0.274 e. The summed E-state index contributed by atoms with van der Waals surface area (Å²) in [7, 11) is 0. The molecule has 7 heteroatoms. The highest BCUT2D eigenvalue weighted by molar-refractivity contribution is 14.1. The van der Waals surface area contributed by atoms with Crippen LogP contribution in [0.5, 0.6) is 0 Å². The Morgan fingerprint density at radius 1 is 1.29 bits per heavy atom. The molecule has 1 N–H and O–H groups in total. The summed E-state index contributed by atoms with van der Waals surface area (Å²) in [5, 5.41) is 13.6. The van der Waals surface area contributed by atoms with Crippen LogP contribution in [0.3, 0.4) is 0 Å². The normalized spacial score (nSPS) is 10.2. The first-order chi connectivity index (χ1) is 9.88. The van der Waals surface area contributed by atoms with Crippen LogP contribution < -0.4 is 5.32 Å². The van der Waals surface area contributed by atoms with Crippen LogP contribution in [0.4, 0.5) is 11.4 Å². The minimum Gasteiger partial charge on any atom is -0.321 e. The van der Waals surface area contributed by atoms with E-state index in [9.17, 15) is 14.9 Å². The van der Waals surface area contributed by atoms with Gasteiger partial charge in [0.1, 0.15) is 0 Å². The number of aryl methyl sites for hydroxylation is 1. The van der Waals surface area contributed by atoms with E-state index in [-0.39, 0.29) is 11.6 Å². The molecule has 0 aromatic heterocycles. The van der Waals surface area contributed by atoms with Gasteiger partial charge in [-0.05, 0) is 75.8 Å². The van der Waals surface area contributed by atoms with Crippen LogP contribution in [0.2, 0.25) is 0 Å². The molecule has 0 unspecified atom stereocenters. The Labute approximate surface area is 143 Å². The molecule has 0 atom stereocenters. The van der Waals surface area contributed by atoms with Gasteiger partial charge in [0, 0.05) is 25.2 Å². The summed E-state index contributed by atoms with van der Waals surface area (Å²) in [5.41, 5.74) is 1.36. The van der Waals surface area contributed by atoms with Gasteiger partial charge in [0.25, 0.3) is 11.6 Å². The number of benzene rings is 2. The van der Waals surface area contributed by atoms with Gasteiger partial charge in [0.15, 0.2) is 0 Å². The molecule has 2 rings (SSSR count). The second kappa shape index (κ2) is 6.52. The number of amides is 1. The summed E-state index contributed by atoms with van der Waals surface area (Å²) in [6, 6.07) is 10.0. The number of hydrogen-bond acceptors (Lipinski definition) is 3. The SMILES string of the molecule is Cc1cc(Br)c(NC(=O)c2ccc(I)cc2)cc1[N+](=O)[O-]. The van der Waals surface area contributed by atoms with E-state index >= 15 is 0 Å². The predicted molar refractivity (Wildman–Crippen MR) is 92.6 cm³/mol. The third-order valence-corrected chi connectivity index (χ3v) is 4.21. The number of nitro groups is 1. The van der Waals surface area contributed by atoms with E-state index in [2.05, 4.69) is 43.8 Å². The zero-order chi connectivity index (χ0) is 15.6. The van der Waals surface area contributed by atoms with E-state index in [0.29, 0.717) is 21.3 Å². The van der Waals surface area contributed by atoms with Gasteiger partial charge >= 0.3 is 0 Å². The number of nitrogens with zero attached hydrogens (tertiary/aromatic N) is 1. The van der Waals surface area contributed by atoms with E-state index in [1.54, 1.807) is 25.1 Å². The molecule has 5 nitrogen and oxygen atoms in total. The van der Waals surface area contributed by atoms with Crippen molar-refractivity contribution in [1.29, 1.82) is 0 Å². The third kappa shape index (κ3) is 3.79. The quantitative estimate of drug-likeness (QED) is 0.415. The lowest BCUT2D eigenvalue weighted by atomic mass is 10.1. The molecule has 0 fully saturated rings. The lowest BCUT2D eigenvalue weighted by molar-refractivity contribution is -0.385. The molecular weight excluding hydrogens is 451 g/mol. The number of nitro benzene ring substituents is 1. The first-order valence-corrected chi connectivity index (χ1v) is 7.77. The standard InChI is InChI=1S/C14H10BrIN2O3/c1-8-6-11(15)12(7-13(8)18(20)21)17-14(19)9-2-4-10(16)5-3-9/h2-7H,1H3,(H,17,19). The van der Waals surface area contributed by atoms with Gasteiger partial charge < -0.3 is 5.32 Å². The molecule has 0 radical (unpaired) electrons. The highest BCUT2D eigenvalue weighted by Gasteiger charge is 2.16. The Morgan fingerprint density at radius 3 is 2.48 bits per heavy atom. The Hall–Kier alpha value is -1.48. The maximum absolute atomic E-state index is 12.1. The monoisotopic (exact) mass is 460 g/mol. The summed E-state index contributed by atoms with van der Waals surface area (Å²) in [6.07, 6.45) is 0. The highest BCUT2D eigenvalue weighted by atomic mass is 127. The molecule has 0 heterocycles. The number of carbonyl (C=O) groups excluding carboxylic acids is 1. The molecule has 0 saturated carbocycles. The van der Waals surface area contributed by atoms with Gasteiger partial charge in [-0.3, -0.25) is 14.9 Å². The van der Waals surface area contributed by atoms with Crippen molar-refractivity contribution in [2.45, 2.75) is 6.92 Å². The predicted octanol–water partition coefficient (Wildman–Crippen LogP) is 4.52. The maximum Gasteiger partial charge on any atom is 0.274 e. The van der Waals surface area contributed by atoms with Crippen molar-refractivity contribution in [2.24, 2.45) is 0 Å². The molecule has 0 aliphatic rings. The molecule has 2 aromatic rings. The van der Waals surface area contributed by atoms with Gasteiger partial charge in [-0.2, -0.15) is 0 Å². The van der Waals surface area contributed by atoms with Crippen LogP contribution >= 0.6 is 38.5 Å². The van der Waals surface area contributed by atoms with Crippen molar-refractivity contribution >= 4 is 55.8 Å². The van der Waals surface area contributed by atoms with E-state index in [0.717, 1.165) is 3.57 Å². The van der Waals surface area contributed by atoms with Crippen LogP contribution in [-0.2, 0) is 0 Å². The van der Waals surface area contributed by atoms with Crippen molar-refractivity contribution in [2.75, 3.05) is 5.32 Å². The van der Waals surface area contributed by atoms with Crippen LogP contribution in [-0.4, -0.2) is 10.8 Å². The maximum atomic E-state index is 12.1. The van der Waals surface area contributed by atoms with Crippen molar-refractivity contribution in [3.63, 3.8) is 0 Å². The summed E-state index contributed by atoms with van der Waals surface area (Å²) in [6.45, 7) is 1.65. The van der Waals surface area contributed by atoms with E-state index in [1.807, 2.05) is 12.1 Å². The molecule has 2 aromatic carbocycles. The average Bonchev–Trinajstić information content (AvgIpc) is 2.42. The lowest BCUT2D eigenvalue weighted by Crippen LogP contribution is -2.12. The minimum atomic E-state index is -0.470. The Balaban J connectivity index is 2.30. The molecular formula is C14H10BrIN2O3. The van der Waals surface area contributed by atoms with Gasteiger partial charge in [-0.15, -0.1) is 0 Å². The fourth-order valence-electron chi connectivity index (χ4n) is 1.75. The zero-order valence-corrected chi connectivity index (χ0v) is 14.6. The molecule has 0 spiro atoms. The van der Waals surface area contributed by atoms with Crippen LogP contribution in [0.1, 0.15) is 15.9 Å². The fraction of sp³-hybridized carbons (Fsp3) is 0.0714. The lowest BCUT2D eigenvalue weighted by Gasteiger charge is -2.09. The zero-order valence-electron chi connectivity index (χ0n) is 10.9. The number of nitrogens with one attached hydrogen (secondary N) is 1. The van der Waals surface area contributed by atoms with Gasteiger partial charge in [-0.25, -0.2) is 0 Å². The van der Waals surface area contributed by atoms with Crippen LogP contribution in [0.15, 0.2) is 40.9 Å². The Morgan fingerprint density at radius 2 is 1.90 bits per heavy atom. The minimum absolute atomic E-state index is 0.0314. The van der Waals surface area contributed by atoms with Gasteiger partial charge in [0.05, 0.1) is 10.6 Å². The van der Waals surface area contributed by atoms with Crippen molar-refractivity contribution in [1.82, 2.24) is 0 Å². The van der Waals surface area contributed by atoms with Crippen molar-refractivity contribution < 1.29 is 9.72 Å². The number of hydrogen-bond donors (Lipinski definition) is 1. The fourth-order valence-corrected chi connectivity index (χ4v) is 2.67. The second-order valence-electron chi connectivity index (χ2n) is 4.34. The Kier molecular flexibility index (Phi) is 4.94. The van der Waals surface area contributed by atoms with E-state index < -0.39 is 4.92 Å². The summed E-state index contributed by atoms with van der Waals surface area (Å²) < 4.78 is 1.63. The van der Waals surface area contributed by atoms with Gasteiger partial charge in [0.2, 0.25) is 0 Å². The summed E-state index contributed by atoms with van der Waals surface area (Å²) >= 11 is 5.45. The molecule has 0 aliphatic heterocycles. The largest absolute Gasteiger partial charge is 0.321 e. The van der Waals surface area contributed by atoms with Crippen molar-refractivity contribution in [3.05, 3.63) is 65.7 Å². The van der Waals surface area contributed by atoms with E-state index in [4.69, 9.17) is 0 Å². The average molecular weight is 461 g/mol. The molecule has 0 saturated heterocycles. The first-order valence-electron chi connectivity index (χ1n) is 5.90. The number of carbonyl (C=O) groups is 1. The number of anilines is 1. The second-order valence-corrected chi connectivity index (χ2v) is 6.44. The topological polar surface area (TPSA) is 72.2 Å². The molecule has 0 aliphatic carbocycles. The highest BCUT2D eigenvalue weighted by Crippen LogP contribution is 2.31. The van der Waals surface area contributed by atoms with Crippen molar-refractivity contribution in [3.8, 4) is 0 Å². The number of halogens is 2. The summed E-state index contributed by atoms with van der Waals surface area (Å²) in [5.74, 6) is -0.315.